The molecule has 0 bridgehead atoms. The van der Waals surface area contributed by atoms with Crippen LogP contribution in [0, 0.1) is 0 Å². The molecule has 0 unspecified atom stereocenters. The van der Waals surface area contributed by atoms with Crippen LogP contribution in [0.5, 0.6) is 0 Å². The van der Waals surface area contributed by atoms with Gasteiger partial charge >= 0.3 is 71.1 Å². The number of rotatable bonds is 5. The molecule has 0 amide bonds. The van der Waals surface area contributed by atoms with Gasteiger partial charge in [-0.15, -0.1) is 0 Å². The van der Waals surface area contributed by atoms with Crippen LogP contribution in [0.2, 0.25) is 0 Å². The average Bonchev–Trinajstić information content (AvgIpc) is 2.12. The molecule has 0 rings (SSSR count). The molecule has 90 valence electrons. The first kappa shape index (κ1) is 26.2. The fraction of sp³-hybridized carbons (Fsp3) is 0.250. The summed E-state index contributed by atoms with van der Waals surface area (Å²) in [5, 5.41) is 34.6. The van der Waals surface area contributed by atoms with Crippen molar-refractivity contribution in [2.24, 2.45) is 0 Å². The van der Waals surface area contributed by atoms with Crippen LogP contribution < -0.4 is 69.3 Å². The molecule has 0 aliphatic carbocycles. The SMILES string of the molecule is O=C(O)C=CC(=O)O.O=C([O-])CCC(=O)[O-].[Na+].[Na+]. The van der Waals surface area contributed by atoms with Crippen molar-refractivity contribution in [2.75, 3.05) is 0 Å². The number of carbonyl (C=O) groups excluding carboxylic acids is 2. The van der Waals surface area contributed by atoms with Crippen molar-refractivity contribution in [3.05, 3.63) is 12.2 Å². The van der Waals surface area contributed by atoms with Gasteiger partial charge in [0.15, 0.2) is 0 Å². The minimum atomic E-state index is -1.37. The molecule has 2 N–H and O–H groups in total. The molecular formula is C8H8Na2O8. The third-order valence-corrected chi connectivity index (χ3v) is 0.902. The van der Waals surface area contributed by atoms with Crippen LogP contribution in [0.3, 0.4) is 0 Å². The van der Waals surface area contributed by atoms with Crippen LogP contribution in [-0.4, -0.2) is 34.1 Å². The van der Waals surface area contributed by atoms with E-state index in [0.29, 0.717) is 12.2 Å². The van der Waals surface area contributed by atoms with Crippen molar-refractivity contribution >= 4 is 23.9 Å². The van der Waals surface area contributed by atoms with Crippen LogP contribution in [0.4, 0.5) is 0 Å². The second-order valence-electron chi connectivity index (χ2n) is 2.25. The van der Waals surface area contributed by atoms with Crippen LogP contribution in [-0.2, 0) is 19.2 Å². The molecule has 18 heavy (non-hydrogen) atoms. The first-order chi connectivity index (χ1) is 7.25. The Balaban J connectivity index is -0.0000000980. The van der Waals surface area contributed by atoms with Crippen molar-refractivity contribution in [1.82, 2.24) is 0 Å². The van der Waals surface area contributed by atoms with E-state index in [9.17, 15) is 29.4 Å². The molecule has 0 atom stereocenters. The Morgan fingerprint density at radius 2 is 1.00 bits per heavy atom. The average molecular weight is 278 g/mol. The number of hydrogen-bond donors (Lipinski definition) is 2. The van der Waals surface area contributed by atoms with Gasteiger partial charge in [-0.2, -0.15) is 0 Å². The van der Waals surface area contributed by atoms with Gasteiger partial charge in [-0.3, -0.25) is 0 Å². The number of hydrogen-bond acceptors (Lipinski definition) is 6. The Hall–Kier alpha value is -0.380. The quantitative estimate of drug-likeness (QED) is 0.371. The maximum atomic E-state index is 9.55. The summed E-state index contributed by atoms with van der Waals surface area (Å²) in [5.41, 5.74) is 0. The van der Waals surface area contributed by atoms with Gasteiger partial charge < -0.3 is 30.0 Å². The summed E-state index contributed by atoms with van der Waals surface area (Å²) in [6.07, 6.45) is 0.176. The topological polar surface area (TPSA) is 155 Å². The van der Waals surface area contributed by atoms with E-state index in [-0.39, 0.29) is 59.1 Å². The zero-order chi connectivity index (χ0) is 13.1. The van der Waals surface area contributed by atoms with Gasteiger partial charge in [0.2, 0.25) is 0 Å². The summed E-state index contributed by atoms with van der Waals surface area (Å²) in [4.78, 5) is 38.1. The van der Waals surface area contributed by atoms with E-state index < -0.39 is 36.7 Å². The summed E-state index contributed by atoms with van der Waals surface area (Å²) < 4.78 is 0. The van der Waals surface area contributed by atoms with Crippen LogP contribution >= 0.6 is 0 Å². The van der Waals surface area contributed by atoms with Gasteiger partial charge in [0.1, 0.15) is 0 Å². The largest absolute Gasteiger partial charge is 1.00 e. The molecule has 0 aliphatic heterocycles. The fourth-order valence-electron chi connectivity index (χ4n) is 0.347. The molecule has 10 heteroatoms. The van der Waals surface area contributed by atoms with E-state index in [1.165, 1.54) is 0 Å². The second kappa shape index (κ2) is 16.6. The molecule has 0 radical (unpaired) electrons. The van der Waals surface area contributed by atoms with Crippen LogP contribution in [0.25, 0.3) is 0 Å². The second-order valence-corrected chi connectivity index (χ2v) is 2.25. The number of aliphatic carboxylic acids is 4. The summed E-state index contributed by atoms with van der Waals surface area (Å²) in [6.45, 7) is 0. The molecule has 0 heterocycles. The predicted molar refractivity (Wildman–Crippen MR) is 43.7 cm³/mol. The number of carboxylic acid groups (broad SMARTS) is 4. The Kier molecular flexibility index (Phi) is 24.2. The molecule has 8 nitrogen and oxygen atoms in total. The minimum Gasteiger partial charge on any atom is -0.550 e. The predicted octanol–water partition coefficient (Wildman–Crippen LogP) is -9.01. The smallest absolute Gasteiger partial charge is 0.550 e. The Morgan fingerprint density at radius 3 is 1.11 bits per heavy atom. The van der Waals surface area contributed by atoms with E-state index in [0.717, 1.165) is 0 Å². The summed E-state index contributed by atoms with van der Waals surface area (Å²) in [6, 6.07) is 0. The minimum absolute atomic E-state index is 0. The number of carbonyl (C=O) groups is 4. The van der Waals surface area contributed by atoms with E-state index in [1.807, 2.05) is 0 Å². The molecule has 0 aromatic carbocycles. The van der Waals surface area contributed by atoms with E-state index in [2.05, 4.69) is 0 Å². The van der Waals surface area contributed by atoms with Crippen molar-refractivity contribution in [3.8, 4) is 0 Å². The molecule has 0 aromatic heterocycles. The molecule has 0 aliphatic rings. The Morgan fingerprint density at radius 1 is 0.778 bits per heavy atom. The Labute approximate surface area is 146 Å². The summed E-state index contributed by atoms with van der Waals surface area (Å²) >= 11 is 0. The van der Waals surface area contributed by atoms with E-state index in [1.54, 1.807) is 0 Å². The van der Waals surface area contributed by atoms with Gasteiger partial charge in [-0.25, -0.2) is 9.59 Å². The van der Waals surface area contributed by atoms with Crippen molar-refractivity contribution < 1.29 is 98.7 Å². The third kappa shape index (κ3) is 36.1. The zero-order valence-corrected chi connectivity index (χ0v) is 13.9. The molecular weight excluding hydrogens is 270 g/mol. The molecule has 0 fully saturated rings. The maximum absolute atomic E-state index is 9.55. The molecule has 0 saturated heterocycles. The molecule has 0 spiro atoms. The van der Waals surface area contributed by atoms with Crippen molar-refractivity contribution in [2.45, 2.75) is 12.8 Å². The van der Waals surface area contributed by atoms with Crippen molar-refractivity contribution in [3.63, 3.8) is 0 Å². The first-order valence-electron chi connectivity index (χ1n) is 3.79. The van der Waals surface area contributed by atoms with Crippen molar-refractivity contribution in [1.29, 1.82) is 0 Å². The summed E-state index contributed by atoms with van der Waals surface area (Å²) in [7, 11) is 0. The standard InChI is InChI=1S/C4H6O4.C4H4O4.2Na/c2*5-3(6)1-2-4(7)8;;/h1-2H2,(H,5,6)(H,7,8);1-2H,(H,5,6)(H,7,8);;/q;;2*+1/p-2. The first-order valence-corrected chi connectivity index (χ1v) is 3.79. The third-order valence-electron chi connectivity index (χ3n) is 0.902. The van der Waals surface area contributed by atoms with Gasteiger partial charge in [0.05, 0.1) is 0 Å². The zero-order valence-electron chi connectivity index (χ0n) is 9.91. The summed E-state index contributed by atoms with van der Waals surface area (Å²) in [5.74, 6) is -5.25. The monoisotopic (exact) mass is 278 g/mol. The maximum Gasteiger partial charge on any atom is 1.00 e. The van der Waals surface area contributed by atoms with Gasteiger partial charge in [-0.1, -0.05) is 0 Å². The van der Waals surface area contributed by atoms with Crippen LogP contribution in [0.15, 0.2) is 12.2 Å². The van der Waals surface area contributed by atoms with Gasteiger partial charge in [-0.05, 0) is 12.8 Å². The fourth-order valence-corrected chi connectivity index (χ4v) is 0.347. The normalized spacial score (nSPS) is 8.00. The van der Waals surface area contributed by atoms with E-state index in [4.69, 9.17) is 10.2 Å². The van der Waals surface area contributed by atoms with E-state index >= 15 is 0 Å². The molecule has 0 saturated carbocycles. The van der Waals surface area contributed by atoms with Gasteiger partial charge in [0.25, 0.3) is 0 Å². The Bertz CT molecular complexity index is 282. The van der Waals surface area contributed by atoms with Gasteiger partial charge in [0, 0.05) is 24.1 Å². The number of carboxylic acids is 4. The molecule has 0 aromatic rings. The van der Waals surface area contributed by atoms with Crippen LogP contribution in [0.1, 0.15) is 12.8 Å².